The van der Waals surface area contributed by atoms with Gasteiger partial charge in [-0.05, 0) is 30.7 Å². The van der Waals surface area contributed by atoms with Crippen molar-refractivity contribution >= 4 is 27.6 Å². The molecule has 122 valence electrons. The van der Waals surface area contributed by atoms with E-state index in [1.54, 1.807) is 31.3 Å². The molecule has 1 saturated heterocycles. The molecule has 1 aliphatic rings. The number of nitrogens with one attached hydrogen (secondary N) is 2. The van der Waals surface area contributed by atoms with Crippen molar-refractivity contribution in [2.24, 2.45) is 4.99 Å². The lowest BCUT2D eigenvalue weighted by atomic mass is 10.2. The Kier molecular flexibility index (Phi) is 6.57. The molecular weight excluding hydrogens is 318 g/mol. The van der Waals surface area contributed by atoms with Gasteiger partial charge in [0.15, 0.2) is 15.8 Å². The van der Waals surface area contributed by atoms with Crippen LogP contribution in [0.15, 0.2) is 40.2 Å². The molecule has 0 radical (unpaired) electrons. The minimum atomic E-state index is -3.24. The summed E-state index contributed by atoms with van der Waals surface area (Å²) in [5.41, 5.74) is 0. The second-order valence-corrected chi connectivity index (χ2v) is 8.66. The number of benzene rings is 1. The molecule has 0 aliphatic carbocycles. The highest BCUT2D eigenvalue weighted by atomic mass is 32.2. The van der Waals surface area contributed by atoms with Gasteiger partial charge in [-0.2, -0.15) is 11.8 Å². The van der Waals surface area contributed by atoms with Gasteiger partial charge < -0.3 is 10.6 Å². The lowest BCUT2D eigenvalue weighted by molar-refractivity contribution is 0.594. The molecule has 1 unspecified atom stereocenters. The first-order valence-electron chi connectivity index (χ1n) is 7.46. The second-order valence-electron chi connectivity index (χ2n) is 5.15. The van der Waals surface area contributed by atoms with Crippen molar-refractivity contribution in [2.45, 2.75) is 23.0 Å². The lowest BCUT2D eigenvalue weighted by Crippen LogP contribution is -2.41. The Morgan fingerprint density at radius 3 is 2.73 bits per heavy atom. The van der Waals surface area contributed by atoms with Crippen LogP contribution in [0.25, 0.3) is 0 Å². The Morgan fingerprint density at radius 1 is 1.32 bits per heavy atom. The summed E-state index contributed by atoms with van der Waals surface area (Å²) in [6, 6.07) is 8.53. The minimum absolute atomic E-state index is 0.0515. The van der Waals surface area contributed by atoms with E-state index in [0.717, 1.165) is 6.54 Å². The molecule has 0 bridgehead atoms. The molecule has 1 fully saturated rings. The van der Waals surface area contributed by atoms with Crippen molar-refractivity contribution in [1.29, 1.82) is 0 Å². The third-order valence-corrected chi connectivity index (χ3v) is 6.64. The summed E-state index contributed by atoms with van der Waals surface area (Å²) >= 11 is 1.98. The highest BCUT2D eigenvalue weighted by Gasteiger charge is 2.16. The summed E-state index contributed by atoms with van der Waals surface area (Å²) < 4.78 is 24.3. The minimum Gasteiger partial charge on any atom is -0.355 e. The molecule has 7 heteroatoms. The van der Waals surface area contributed by atoms with Crippen molar-refractivity contribution in [3.05, 3.63) is 30.3 Å². The normalized spacial score (nSPS) is 19.1. The van der Waals surface area contributed by atoms with Crippen molar-refractivity contribution in [2.75, 3.05) is 31.6 Å². The average Bonchev–Trinajstić information content (AvgIpc) is 3.05. The van der Waals surface area contributed by atoms with Crippen molar-refractivity contribution in [3.8, 4) is 0 Å². The van der Waals surface area contributed by atoms with Crippen LogP contribution < -0.4 is 10.6 Å². The fourth-order valence-electron chi connectivity index (χ4n) is 2.29. The lowest BCUT2D eigenvalue weighted by Gasteiger charge is -2.14. The van der Waals surface area contributed by atoms with Gasteiger partial charge in [-0.1, -0.05) is 18.2 Å². The maximum Gasteiger partial charge on any atom is 0.191 e. The van der Waals surface area contributed by atoms with Crippen LogP contribution in [-0.4, -0.2) is 51.3 Å². The van der Waals surface area contributed by atoms with Crippen LogP contribution >= 0.6 is 11.8 Å². The molecule has 1 heterocycles. The van der Waals surface area contributed by atoms with E-state index >= 15 is 0 Å². The predicted octanol–water partition coefficient (Wildman–Crippen LogP) is 1.52. The van der Waals surface area contributed by atoms with E-state index < -0.39 is 9.84 Å². The summed E-state index contributed by atoms with van der Waals surface area (Å²) in [5, 5.41) is 6.96. The topological polar surface area (TPSA) is 70.6 Å². The number of rotatable bonds is 6. The Bertz CT molecular complexity index is 582. The molecule has 0 saturated carbocycles. The molecule has 1 atom stereocenters. The molecule has 22 heavy (non-hydrogen) atoms. The Morgan fingerprint density at radius 2 is 2.09 bits per heavy atom. The van der Waals surface area contributed by atoms with Crippen LogP contribution in [0.2, 0.25) is 0 Å². The van der Waals surface area contributed by atoms with E-state index in [2.05, 4.69) is 15.6 Å². The summed E-state index contributed by atoms with van der Waals surface area (Å²) in [6.07, 6.45) is 2.51. The second kappa shape index (κ2) is 8.43. The maximum absolute atomic E-state index is 12.2. The number of hydrogen-bond acceptors (Lipinski definition) is 4. The number of aliphatic imine (C=N–C) groups is 1. The van der Waals surface area contributed by atoms with Crippen LogP contribution in [-0.2, 0) is 9.84 Å². The highest BCUT2D eigenvalue weighted by molar-refractivity contribution is 8.00. The van der Waals surface area contributed by atoms with E-state index in [1.165, 1.54) is 18.6 Å². The molecule has 1 aliphatic heterocycles. The van der Waals surface area contributed by atoms with Gasteiger partial charge in [0.05, 0.1) is 10.6 Å². The summed E-state index contributed by atoms with van der Waals surface area (Å²) in [5.74, 6) is 1.94. The van der Waals surface area contributed by atoms with E-state index in [9.17, 15) is 8.42 Å². The summed E-state index contributed by atoms with van der Waals surface area (Å²) in [4.78, 5) is 4.49. The standard InChI is InChI=1S/C15H23N3O2S2/c1-16-15(18-12-13-6-5-10-21-13)17-9-11-22(19,20)14-7-3-2-4-8-14/h2-4,7-8,13H,5-6,9-12H2,1H3,(H2,16,17,18). The van der Waals surface area contributed by atoms with Crippen LogP contribution in [0.4, 0.5) is 0 Å². The van der Waals surface area contributed by atoms with E-state index in [4.69, 9.17) is 0 Å². The first kappa shape index (κ1) is 17.1. The van der Waals surface area contributed by atoms with Gasteiger partial charge in [-0.15, -0.1) is 0 Å². The molecule has 2 rings (SSSR count). The Balaban J connectivity index is 1.76. The number of guanidine groups is 1. The molecule has 1 aromatic rings. The number of nitrogens with zero attached hydrogens (tertiary/aromatic N) is 1. The fourth-order valence-corrected chi connectivity index (χ4v) is 4.67. The smallest absolute Gasteiger partial charge is 0.191 e. The molecule has 0 aromatic heterocycles. The van der Waals surface area contributed by atoms with Crippen molar-refractivity contribution in [1.82, 2.24) is 10.6 Å². The molecule has 2 N–H and O–H groups in total. The van der Waals surface area contributed by atoms with Gasteiger partial charge in [-0.25, -0.2) is 8.42 Å². The molecule has 0 amide bonds. The Labute approximate surface area is 136 Å². The van der Waals surface area contributed by atoms with Gasteiger partial charge in [0.2, 0.25) is 0 Å². The monoisotopic (exact) mass is 341 g/mol. The zero-order valence-corrected chi connectivity index (χ0v) is 14.4. The Hall–Kier alpha value is -1.21. The van der Waals surface area contributed by atoms with Gasteiger partial charge in [0.25, 0.3) is 0 Å². The van der Waals surface area contributed by atoms with Crippen LogP contribution in [0.1, 0.15) is 12.8 Å². The fraction of sp³-hybridized carbons (Fsp3) is 0.533. The first-order chi connectivity index (χ1) is 10.6. The first-order valence-corrected chi connectivity index (χ1v) is 10.2. The van der Waals surface area contributed by atoms with E-state index in [-0.39, 0.29) is 5.75 Å². The van der Waals surface area contributed by atoms with Crippen LogP contribution in [0, 0.1) is 0 Å². The van der Waals surface area contributed by atoms with Gasteiger partial charge in [0.1, 0.15) is 0 Å². The summed E-state index contributed by atoms with van der Waals surface area (Å²) in [7, 11) is -1.55. The molecule has 1 aromatic carbocycles. The van der Waals surface area contributed by atoms with Crippen molar-refractivity contribution < 1.29 is 8.42 Å². The zero-order chi connectivity index (χ0) is 15.8. The third kappa shape index (κ3) is 5.21. The zero-order valence-electron chi connectivity index (χ0n) is 12.8. The average molecular weight is 342 g/mol. The quantitative estimate of drug-likeness (QED) is 0.606. The maximum atomic E-state index is 12.2. The molecule has 5 nitrogen and oxygen atoms in total. The van der Waals surface area contributed by atoms with Gasteiger partial charge in [-0.3, -0.25) is 4.99 Å². The largest absolute Gasteiger partial charge is 0.355 e. The highest BCUT2D eigenvalue weighted by Crippen LogP contribution is 2.25. The summed E-state index contributed by atoms with van der Waals surface area (Å²) in [6.45, 7) is 1.21. The predicted molar refractivity (Wildman–Crippen MR) is 93.3 cm³/mol. The van der Waals surface area contributed by atoms with Crippen LogP contribution in [0.3, 0.4) is 0 Å². The van der Waals surface area contributed by atoms with Gasteiger partial charge >= 0.3 is 0 Å². The number of hydrogen-bond donors (Lipinski definition) is 2. The number of thioether (sulfide) groups is 1. The van der Waals surface area contributed by atoms with E-state index in [1.807, 2.05) is 17.8 Å². The SMILES string of the molecule is CN=C(NCCS(=O)(=O)c1ccccc1)NCC1CCCS1. The molecule has 0 spiro atoms. The molecular formula is C15H23N3O2S2. The van der Waals surface area contributed by atoms with Gasteiger partial charge in [0, 0.05) is 25.4 Å². The van der Waals surface area contributed by atoms with Crippen LogP contribution in [0.5, 0.6) is 0 Å². The third-order valence-electron chi connectivity index (χ3n) is 3.51. The van der Waals surface area contributed by atoms with Crippen molar-refractivity contribution in [3.63, 3.8) is 0 Å². The number of sulfone groups is 1. The van der Waals surface area contributed by atoms with E-state index in [0.29, 0.717) is 22.6 Å².